The second kappa shape index (κ2) is 10.4. The summed E-state index contributed by atoms with van der Waals surface area (Å²) in [6, 6.07) is 7.06. The minimum atomic E-state index is -0.814. The Hall–Kier alpha value is -4.29. The summed E-state index contributed by atoms with van der Waals surface area (Å²) in [5, 5.41) is 9.56. The standard InChI is InChI=1S/C24H27FN8O4/c1-2-26-23-28-12-18-20(29-23)31-10-4-7-17(31)13-32(22(18)35)16-6-3-5-15(11-16)21-30-33(24(36)37-21)14-19(34)27-9-8-25/h3,5-6,11-12,17H,2,4,7-10,13-14H2,1H3,(H,27,34)(H,26,28,29)/t17-/m0/s1. The van der Waals surface area contributed by atoms with Crippen LogP contribution in [0.1, 0.15) is 30.1 Å². The number of carbonyl (C=O) groups is 2. The topological polar surface area (TPSA) is 138 Å². The van der Waals surface area contributed by atoms with Gasteiger partial charge in [0.25, 0.3) is 5.91 Å². The third-order valence-electron chi connectivity index (χ3n) is 6.34. The average molecular weight is 511 g/mol. The molecule has 0 radical (unpaired) electrons. The lowest BCUT2D eigenvalue weighted by atomic mass is 10.1. The molecule has 0 bridgehead atoms. The number of benzene rings is 1. The van der Waals surface area contributed by atoms with Gasteiger partial charge in [-0.05, 0) is 38.0 Å². The fraction of sp³-hybridized carbons (Fsp3) is 0.417. The smallest absolute Gasteiger partial charge is 0.388 e. The molecule has 37 heavy (non-hydrogen) atoms. The molecule has 12 nitrogen and oxygen atoms in total. The highest BCUT2D eigenvalue weighted by atomic mass is 19.1. The maximum atomic E-state index is 13.7. The van der Waals surface area contributed by atoms with E-state index in [0.29, 0.717) is 41.7 Å². The first-order valence-corrected chi connectivity index (χ1v) is 12.2. The largest absolute Gasteiger partial charge is 0.437 e. The summed E-state index contributed by atoms with van der Waals surface area (Å²) >= 11 is 0. The molecule has 0 unspecified atom stereocenters. The summed E-state index contributed by atoms with van der Waals surface area (Å²) in [4.78, 5) is 50.6. The van der Waals surface area contributed by atoms with Crippen LogP contribution in [0.2, 0.25) is 0 Å². The normalized spacial score (nSPS) is 16.8. The zero-order valence-electron chi connectivity index (χ0n) is 20.3. The highest BCUT2D eigenvalue weighted by Gasteiger charge is 2.37. The van der Waals surface area contributed by atoms with E-state index >= 15 is 0 Å². The maximum absolute atomic E-state index is 13.7. The number of fused-ring (bicyclic) bond motifs is 3. The van der Waals surface area contributed by atoms with Crippen molar-refractivity contribution in [3.05, 3.63) is 46.6 Å². The zero-order valence-corrected chi connectivity index (χ0v) is 20.3. The molecule has 0 aliphatic carbocycles. The molecule has 1 fully saturated rings. The quantitative estimate of drug-likeness (QED) is 0.461. The van der Waals surface area contributed by atoms with Gasteiger partial charge in [-0.1, -0.05) is 6.07 Å². The average Bonchev–Trinajstić information content (AvgIpc) is 3.49. The number of nitrogens with one attached hydrogen (secondary N) is 2. The van der Waals surface area contributed by atoms with E-state index in [1.54, 1.807) is 35.4 Å². The molecule has 0 spiro atoms. The van der Waals surface area contributed by atoms with Crippen molar-refractivity contribution in [3.63, 3.8) is 0 Å². The Morgan fingerprint density at radius 1 is 1.30 bits per heavy atom. The third kappa shape index (κ3) is 4.88. The monoisotopic (exact) mass is 510 g/mol. The van der Waals surface area contributed by atoms with Crippen LogP contribution in [0.4, 0.5) is 21.8 Å². The zero-order chi connectivity index (χ0) is 25.9. The number of hydrogen-bond donors (Lipinski definition) is 2. The Balaban J connectivity index is 1.45. The van der Waals surface area contributed by atoms with E-state index in [9.17, 15) is 18.8 Å². The van der Waals surface area contributed by atoms with Gasteiger partial charge in [0, 0.05) is 49.7 Å². The van der Waals surface area contributed by atoms with Gasteiger partial charge in [0.15, 0.2) is 0 Å². The molecule has 2 aliphatic heterocycles. The van der Waals surface area contributed by atoms with Gasteiger partial charge in [0.05, 0.1) is 0 Å². The minimum absolute atomic E-state index is 0.00826. The molecular weight excluding hydrogens is 483 g/mol. The molecule has 0 saturated carbocycles. The first kappa shape index (κ1) is 24.4. The molecule has 2 aromatic heterocycles. The van der Waals surface area contributed by atoms with Crippen LogP contribution >= 0.6 is 0 Å². The highest BCUT2D eigenvalue weighted by molar-refractivity contribution is 6.10. The molecule has 2 amide bonds. The van der Waals surface area contributed by atoms with Gasteiger partial charge < -0.3 is 24.9 Å². The van der Waals surface area contributed by atoms with Crippen molar-refractivity contribution in [3.8, 4) is 11.5 Å². The fourth-order valence-electron chi connectivity index (χ4n) is 4.66. The van der Waals surface area contributed by atoms with Crippen molar-refractivity contribution in [1.29, 1.82) is 0 Å². The molecular formula is C24H27FN8O4. The summed E-state index contributed by atoms with van der Waals surface area (Å²) in [5.41, 5.74) is 1.50. The van der Waals surface area contributed by atoms with E-state index in [2.05, 4.69) is 30.6 Å². The van der Waals surface area contributed by atoms with Crippen LogP contribution in [-0.4, -0.2) is 70.5 Å². The Kier molecular flexibility index (Phi) is 6.84. The Bertz CT molecular complexity index is 1370. The van der Waals surface area contributed by atoms with Gasteiger partial charge in [-0.2, -0.15) is 9.67 Å². The maximum Gasteiger partial charge on any atom is 0.437 e. The van der Waals surface area contributed by atoms with Crippen molar-refractivity contribution in [2.75, 3.05) is 48.0 Å². The van der Waals surface area contributed by atoms with Crippen molar-refractivity contribution in [2.45, 2.75) is 32.4 Å². The van der Waals surface area contributed by atoms with Crippen LogP contribution in [0.15, 0.2) is 39.7 Å². The van der Waals surface area contributed by atoms with Crippen molar-refractivity contribution >= 4 is 29.3 Å². The summed E-state index contributed by atoms with van der Waals surface area (Å²) < 4.78 is 18.4. The van der Waals surface area contributed by atoms with E-state index in [-0.39, 0.29) is 24.4 Å². The van der Waals surface area contributed by atoms with E-state index in [1.165, 1.54) is 0 Å². The third-order valence-corrected chi connectivity index (χ3v) is 6.34. The number of rotatable bonds is 8. The van der Waals surface area contributed by atoms with Crippen LogP contribution in [0.5, 0.6) is 0 Å². The van der Waals surface area contributed by atoms with Crippen LogP contribution in [-0.2, 0) is 11.3 Å². The number of anilines is 3. The van der Waals surface area contributed by atoms with E-state index < -0.39 is 24.9 Å². The first-order valence-electron chi connectivity index (χ1n) is 12.2. The summed E-state index contributed by atoms with van der Waals surface area (Å²) in [6.45, 7) is 2.65. The van der Waals surface area contributed by atoms with Gasteiger partial charge in [0.1, 0.15) is 24.6 Å². The summed E-state index contributed by atoms with van der Waals surface area (Å²) in [5.74, 6) is -0.462. The van der Waals surface area contributed by atoms with Crippen molar-refractivity contribution in [2.24, 2.45) is 0 Å². The molecule has 2 aliphatic rings. The van der Waals surface area contributed by atoms with E-state index in [4.69, 9.17) is 4.42 Å². The molecule has 4 heterocycles. The van der Waals surface area contributed by atoms with Crippen LogP contribution < -0.4 is 26.2 Å². The Morgan fingerprint density at radius 2 is 2.16 bits per heavy atom. The van der Waals surface area contributed by atoms with Gasteiger partial charge in [0.2, 0.25) is 17.7 Å². The number of carbonyl (C=O) groups excluding carboxylic acids is 2. The fourth-order valence-corrected chi connectivity index (χ4v) is 4.66. The lowest BCUT2D eigenvalue weighted by molar-refractivity contribution is -0.122. The number of halogens is 1. The van der Waals surface area contributed by atoms with Gasteiger partial charge in [-0.15, -0.1) is 5.10 Å². The van der Waals surface area contributed by atoms with Crippen molar-refractivity contribution in [1.82, 2.24) is 25.1 Å². The molecule has 5 rings (SSSR count). The number of nitrogens with zero attached hydrogens (tertiary/aromatic N) is 6. The van der Waals surface area contributed by atoms with E-state index in [0.717, 1.165) is 24.1 Å². The van der Waals surface area contributed by atoms with Gasteiger partial charge in [-0.3, -0.25) is 9.59 Å². The number of amides is 2. The van der Waals surface area contributed by atoms with Gasteiger partial charge in [-0.25, -0.2) is 14.2 Å². The summed E-state index contributed by atoms with van der Waals surface area (Å²) in [6.07, 6.45) is 3.48. The molecule has 1 atom stereocenters. The van der Waals surface area contributed by atoms with Crippen LogP contribution in [0, 0.1) is 0 Å². The predicted octanol–water partition coefficient (Wildman–Crippen LogP) is 1.44. The number of aromatic nitrogens is 4. The van der Waals surface area contributed by atoms with Crippen LogP contribution in [0.25, 0.3) is 11.5 Å². The summed E-state index contributed by atoms with van der Waals surface area (Å²) in [7, 11) is 0. The highest BCUT2D eigenvalue weighted by Crippen LogP contribution is 2.34. The molecule has 1 saturated heterocycles. The lowest BCUT2D eigenvalue weighted by Crippen LogP contribution is -2.39. The molecule has 13 heteroatoms. The molecule has 2 N–H and O–H groups in total. The minimum Gasteiger partial charge on any atom is -0.388 e. The van der Waals surface area contributed by atoms with E-state index in [1.807, 2.05) is 6.92 Å². The van der Waals surface area contributed by atoms with Crippen molar-refractivity contribution < 1.29 is 18.4 Å². The number of alkyl halides is 1. The lowest BCUT2D eigenvalue weighted by Gasteiger charge is -2.27. The predicted molar refractivity (Wildman–Crippen MR) is 133 cm³/mol. The second-order valence-electron chi connectivity index (χ2n) is 8.79. The SMILES string of the molecule is CCNc1ncc2c(n1)N1CCC[C@H]1CN(c1cccc(-c3nn(CC(=O)NCCF)c(=O)o3)c1)C2=O. The number of hydrogen-bond acceptors (Lipinski definition) is 9. The Labute approximate surface area is 211 Å². The van der Waals surface area contributed by atoms with Crippen LogP contribution in [0.3, 0.4) is 0 Å². The Morgan fingerprint density at radius 3 is 2.97 bits per heavy atom. The molecule has 3 aromatic rings. The molecule has 194 valence electrons. The van der Waals surface area contributed by atoms with Gasteiger partial charge >= 0.3 is 5.76 Å². The second-order valence-corrected chi connectivity index (χ2v) is 8.79. The first-order chi connectivity index (χ1) is 18.0. The molecule has 1 aromatic carbocycles.